The molecule has 0 radical (unpaired) electrons. The van der Waals surface area contributed by atoms with E-state index in [2.05, 4.69) is 22.0 Å². The Balaban J connectivity index is 1.59. The minimum absolute atomic E-state index is 0.0221. The topological polar surface area (TPSA) is 107 Å². The first-order valence-electron chi connectivity index (χ1n) is 11.7. The molecule has 1 atom stereocenters. The van der Waals surface area contributed by atoms with Crippen LogP contribution in [0.3, 0.4) is 0 Å². The first kappa shape index (κ1) is 27.6. The number of hydrogen-bond donors (Lipinski definition) is 3. The van der Waals surface area contributed by atoms with Crippen molar-refractivity contribution in [3.63, 3.8) is 0 Å². The first-order valence-corrected chi connectivity index (χ1v) is 12.7. The summed E-state index contributed by atoms with van der Waals surface area (Å²) in [5.41, 5.74) is 1.22. The number of alkyl halides is 3. The number of nitrogens with zero attached hydrogens (tertiary/aromatic N) is 1. The molecule has 1 aliphatic heterocycles. The standard InChI is InChI=1S/C28H23F3N4O3S/c1-16-7-3-4-10-21(16)35-23(36)15-39-27-20(14-32)25(22-11-6-12-38-22)24(17(2)33-27)26(37)34-19-9-5-8-18(13-19)28(29,30)31/h3-13,25,33H,15H2,1-2H3,(H,34,37)(H,35,36)/t25-/m1/s1. The maximum absolute atomic E-state index is 13.4. The van der Waals surface area contributed by atoms with Gasteiger partial charge in [0.1, 0.15) is 5.76 Å². The van der Waals surface area contributed by atoms with Gasteiger partial charge in [-0.15, -0.1) is 0 Å². The normalized spacial score (nSPS) is 15.4. The number of para-hydroxylation sites is 1. The van der Waals surface area contributed by atoms with E-state index in [-0.39, 0.29) is 28.5 Å². The van der Waals surface area contributed by atoms with Gasteiger partial charge in [-0.1, -0.05) is 36.0 Å². The van der Waals surface area contributed by atoms with Crippen LogP contribution in [0.25, 0.3) is 0 Å². The van der Waals surface area contributed by atoms with E-state index in [0.717, 1.165) is 29.5 Å². The second kappa shape index (κ2) is 11.5. The van der Waals surface area contributed by atoms with Crippen LogP contribution in [0.15, 0.2) is 93.2 Å². The Morgan fingerprint density at radius 3 is 2.51 bits per heavy atom. The van der Waals surface area contributed by atoms with Crippen LogP contribution in [0.5, 0.6) is 0 Å². The number of dihydropyridines is 1. The number of nitriles is 1. The second-order valence-electron chi connectivity index (χ2n) is 8.65. The molecule has 2 aromatic carbocycles. The van der Waals surface area contributed by atoms with Gasteiger partial charge in [0.2, 0.25) is 5.91 Å². The summed E-state index contributed by atoms with van der Waals surface area (Å²) >= 11 is 1.09. The first-order chi connectivity index (χ1) is 18.6. The van der Waals surface area contributed by atoms with Crippen LogP contribution < -0.4 is 16.0 Å². The number of nitrogens with one attached hydrogen (secondary N) is 3. The largest absolute Gasteiger partial charge is 0.468 e. The summed E-state index contributed by atoms with van der Waals surface area (Å²) in [7, 11) is 0. The number of amides is 2. The number of benzene rings is 2. The van der Waals surface area contributed by atoms with E-state index < -0.39 is 23.6 Å². The lowest BCUT2D eigenvalue weighted by atomic mass is 9.85. The van der Waals surface area contributed by atoms with E-state index in [1.807, 2.05) is 25.1 Å². The smallest absolute Gasteiger partial charge is 0.416 e. The number of halogens is 3. The molecule has 0 aliphatic carbocycles. The molecule has 1 aromatic heterocycles. The van der Waals surface area contributed by atoms with Gasteiger partial charge in [0.25, 0.3) is 5.91 Å². The van der Waals surface area contributed by atoms with Crippen LogP contribution in [-0.2, 0) is 15.8 Å². The average molecular weight is 553 g/mol. The minimum Gasteiger partial charge on any atom is -0.468 e. The number of aryl methyl sites for hydroxylation is 1. The molecule has 2 heterocycles. The number of furan rings is 1. The zero-order chi connectivity index (χ0) is 28.2. The predicted molar refractivity (Wildman–Crippen MR) is 142 cm³/mol. The summed E-state index contributed by atoms with van der Waals surface area (Å²) in [5, 5.41) is 18.8. The maximum Gasteiger partial charge on any atom is 0.416 e. The fourth-order valence-electron chi connectivity index (χ4n) is 4.08. The highest BCUT2D eigenvalue weighted by atomic mass is 32.2. The molecule has 7 nitrogen and oxygen atoms in total. The van der Waals surface area contributed by atoms with Gasteiger partial charge in [-0.3, -0.25) is 9.59 Å². The van der Waals surface area contributed by atoms with Crippen LogP contribution in [0.2, 0.25) is 0 Å². The van der Waals surface area contributed by atoms with E-state index in [1.54, 1.807) is 25.1 Å². The summed E-state index contributed by atoms with van der Waals surface area (Å²) in [6, 6.07) is 16.9. The molecule has 0 unspecified atom stereocenters. The monoisotopic (exact) mass is 552 g/mol. The second-order valence-corrected chi connectivity index (χ2v) is 9.64. The third-order valence-electron chi connectivity index (χ3n) is 5.93. The van der Waals surface area contributed by atoms with Crippen molar-refractivity contribution < 1.29 is 27.2 Å². The summed E-state index contributed by atoms with van der Waals surface area (Å²) in [4.78, 5) is 26.0. The van der Waals surface area contributed by atoms with Gasteiger partial charge in [-0.2, -0.15) is 18.4 Å². The summed E-state index contributed by atoms with van der Waals surface area (Å²) in [6.45, 7) is 3.48. The van der Waals surface area contributed by atoms with Gasteiger partial charge >= 0.3 is 6.18 Å². The fraction of sp³-hybridized carbons (Fsp3) is 0.179. The zero-order valence-corrected chi connectivity index (χ0v) is 21.7. The molecular weight excluding hydrogens is 529 g/mol. The molecule has 0 spiro atoms. The summed E-state index contributed by atoms with van der Waals surface area (Å²) in [5.74, 6) is -1.66. The van der Waals surface area contributed by atoms with Gasteiger partial charge in [0.15, 0.2) is 0 Å². The quantitative estimate of drug-likeness (QED) is 0.317. The Morgan fingerprint density at radius 1 is 1.08 bits per heavy atom. The number of anilines is 2. The number of rotatable bonds is 7. The lowest BCUT2D eigenvalue weighted by Gasteiger charge is -2.28. The minimum atomic E-state index is -4.58. The van der Waals surface area contributed by atoms with Crippen molar-refractivity contribution in [3.8, 4) is 6.07 Å². The highest BCUT2D eigenvalue weighted by Gasteiger charge is 2.37. The van der Waals surface area contributed by atoms with Gasteiger partial charge in [-0.25, -0.2) is 0 Å². The lowest BCUT2D eigenvalue weighted by Crippen LogP contribution is -2.31. The van der Waals surface area contributed by atoms with Crippen molar-refractivity contribution in [3.05, 3.63) is 106 Å². The molecule has 0 bridgehead atoms. The van der Waals surface area contributed by atoms with Crippen molar-refractivity contribution in [1.82, 2.24) is 5.32 Å². The van der Waals surface area contributed by atoms with E-state index in [4.69, 9.17) is 4.42 Å². The van der Waals surface area contributed by atoms with Crippen molar-refractivity contribution in [2.45, 2.75) is 25.9 Å². The molecule has 4 rings (SSSR count). The third kappa shape index (κ3) is 6.35. The SMILES string of the molecule is CC1=C(C(=O)Nc2cccc(C(F)(F)F)c2)[C@@H](c2ccco2)C(C#N)=C(SCC(=O)Nc2ccccc2C)N1. The van der Waals surface area contributed by atoms with E-state index in [0.29, 0.717) is 22.2 Å². The number of carbonyl (C=O) groups excluding carboxylic acids is 2. The number of allylic oxidation sites excluding steroid dienone is 2. The summed E-state index contributed by atoms with van der Waals surface area (Å²) in [6.07, 6.45) is -3.18. The molecule has 3 aromatic rings. The number of hydrogen-bond acceptors (Lipinski definition) is 6. The fourth-order valence-corrected chi connectivity index (χ4v) is 4.97. The zero-order valence-electron chi connectivity index (χ0n) is 20.8. The van der Waals surface area contributed by atoms with E-state index in [9.17, 15) is 28.0 Å². The van der Waals surface area contributed by atoms with Gasteiger partial charge < -0.3 is 20.4 Å². The van der Waals surface area contributed by atoms with E-state index >= 15 is 0 Å². The third-order valence-corrected chi connectivity index (χ3v) is 6.95. The molecule has 2 amide bonds. The highest BCUT2D eigenvalue weighted by molar-refractivity contribution is 8.03. The number of carbonyl (C=O) groups is 2. The molecular formula is C28H23F3N4O3S. The van der Waals surface area contributed by atoms with Crippen molar-refractivity contribution >= 4 is 35.0 Å². The van der Waals surface area contributed by atoms with Crippen molar-refractivity contribution in [2.24, 2.45) is 0 Å². The molecule has 1 aliphatic rings. The van der Waals surface area contributed by atoms with Crippen LogP contribution >= 0.6 is 11.8 Å². The molecule has 200 valence electrons. The Bertz CT molecular complexity index is 1500. The predicted octanol–water partition coefficient (Wildman–Crippen LogP) is 6.31. The van der Waals surface area contributed by atoms with Crippen LogP contribution in [0, 0.1) is 18.3 Å². The van der Waals surface area contributed by atoms with Crippen molar-refractivity contribution in [1.29, 1.82) is 5.26 Å². The molecule has 3 N–H and O–H groups in total. The molecule has 11 heteroatoms. The van der Waals surface area contributed by atoms with Crippen LogP contribution in [-0.4, -0.2) is 17.6 Å². The maximum atomic E-state index is 13.4. The number of thioether (sulfide) groups is 1. The Hall–Kier alpha value is -4.43. The van der Waals surface area contributed by atoms with Gasteiger partial charge in [-0.05, 0) is 55.8 Å². The van der Waals surface area contributed by atoms with Gasteiger partial charge in [0, 0.05) is 17.1 Å². The van der Waals surface area contributed by atoms with Gasteiger partial charge in [0.05, 0.1) is 45.7 Å². The molecule has 0 fully saturated rings. The van der Waals surface area contributed by atoms with Crippen LogP contribution in [0.4, 0.5) is 24.5 Å². The van der Waals surface area contributed by atoms with E-state index in [1.165, 1.54) is 18.4 Å². The average Bonchev–Trinajstić information content (AvgIpc) is 3.42. The Labute approximate surface area is 226 Å². The summed E-state index contributed by atoms with van der Waals surface area (Å²) < 4.78 is 45.0. The van der Waals surface area contributed by atoms with Crippen LogP contribution in [0.1, 0.15) is 29.7 Å². The van der Waals surface area contributed by atoms with Crippen molar-refractivity contribution in [2.75, 3.05) is 16.4 Å². The lowest BCUT2D eigenvalue weighted by molar-refractivity contribution is -0.137. The Kier molecular flexibility index (Phi) is 8.16. The molecule has 39 heavy (non-hydrogen) atoms. The molecule has 0 saturated heterocycles. The highest BCUT2D eigenvalue weighted by Crippen LogP contribution is 2.41. The Morgan fingerprint density at radius 2 is 1.85 bits per heavy atom. The molecule has 0 saturated carbocycles.